The van der Waals surface area contributed by atoms with Gasteiger partial charge in [-0.3, -0.25) is 9.98 Å². The molecular formula is C19H15N3. The van der Waals surface area contributed by atoms with E-state index in [9.17, 15) is 0 Å². The number of hydrogen-bond acceptors (Lipinski definition) is 3. The molecule has 1 aromatic carbocycles. The summed E-state index contributed by atoms with van der Waals surface area (Å²) in [5.74, 6) is 6.02. The third-order valence-corrected chi connectivity index (χ3v) is 3.44. The fourth-order valence-electron chi connectivity index (χ4n) is 2.40. The average molecular weight is 285 g/mol. The molecule has 3 nitrogen and oxygen atoms in total. The van der Waals surface area contributed by atoms with E-state index in [2.05, 4.69) is 40.0 Å². The molecular weight excluding hydrogens is 270 g/mol. The highest BCUT2D eigenvalue weighted by Gasteiger charge is 2.16. The fraction of sp³-hybridized carbons (Fsp3) is 0.211. The number of unbranched alkanes of at least 4 members (excludes halogenated alkanes) is 1. The molecule has 1 aliphatic heterocycles. The van der Waals surface area contributed by atoms with Crippen molar-refractivity contribution in [3.8, 4) is 17.9 Å². The third-order valence-electron chi connectivity index (χ3n) is 3.44. The SMILES string of the molecule is N#CCCC#Cc1cnc2c(c1)N=C(Cc1ccccc1)C2. The smallest absolute Gasteiger partial charge is 0.0860 e. The van der Waals surface area contributed by atoms with Gasteiger partial charge in [-0.15, -0.1) is 0 Å². The minimum absolute atomic E-state index is 0.463. The van der Waals surface area contributed by atoms with Gasteiger partial charge in [0.25, 0.3) is 0 Å². The molecule has 0 saturated heterocycles. The summed E-state index contributed by atoms with van der Waals surface area (Å²) < 4.78 is 0. The van der Waals surface area contributed by atoms with Crippen LogP contribution < -0.4 is 0 Å². The summed E-state index contributed by atoms with van der Waals surface area (Å²) in [6.45, 7) is 0. The van der Waals surface area contributed by atoms with Crippen molar-refractivity contribution in [1.82, 2.24) is 4.98 Å². The molecule has 0 saturated carbocycles. The Labute approximate surface area is 130 Å². The number of aromatic nitrogens is 1. The van der Waals surface area contributed by atoms with E-state index in [0.29, 0.717) is 12.8 Å². The summed E-state index contributed by atoms with van der Waals surface area (Å²) in [6.07, 6.45) is 4.52. The lowest BCUT2D eigenvalue weighted by molar-refractivity contribution is 1.09. The van der Waals surface area contributed by atoms with Gasteiger partial charge in [0.05, 0.1) is 17.5 Å². The first-order valence-corrected chi connectivity index (χ1v) is 7.30. The lowest BCUT2D eigenvalue weighted by atomic mass is 10.1. The van der Waals surface area contributed by atoms with Crippen LogP contribution in [-0.4, -0.2) is 10.7 Å². The summed E-state index contributed by atoms with van der Waals surface area (Å²) in [4.78, 5) is 9.15. The number of rotatable bonds is 3. The maximum atomic E-state index is 8.49. The zero-order valence-corrected chi connectivity index (χ0v) is 12.2. The fourth-order valence-corrected chi connectivity index (χ4v) is 2.40. The highest BCUT2D eigenvalue weighted by molar-refractivity contribution is 5.94. The van der Waals surface area contributed by atoms with Gasteiger partial charge in [0, 0.05) is 43.2 Å². The number of nitrogens with zero attached hydrogens (tertiary/aromatic N) is 3. The van der Waals surface area contributed by atoms with Gasteiger partial charge in [0.15, 0.2) is 0 Å². The Bertz CT molecular complexity index is 802. The van der Waals surface area contributed by atoms with Crippen molar-refractivity contribution >= 4 is 11.4 Å². The van der Waals surface area contributed by atoms with Crippen molar-refractivity contribution in [3.05, 3.63) is 59.4 Å². The lowest BCUT2D eigenvalue weighted by Gasteiger charge is -1.99. The van der Waals surface area contributed by atoms with Crippen LogP contribution in [0, 0.1) is 23.2 Å². The number of benzene rings is 1. The minimum atomic E-state index is 0.463. The van der Waals surface area contributed by atoms with Crippen LogP contribution in [0.3, 0.4) is 0 Å². The van der Waals surface area contributed by atoms with Gasteiger partial charge in [-0.25, -0.2) is 0 Å². The predicted octanol–water partition coefficient (Wildman–Crippen LogP) is 3.61. The maximum Gasteiger partial charge on any atom is 0.0860 e. The number of hydrogen-bond donors (Lipinski definition) is 0. The lowest BCUT2D eigenvalue weighted by Crippen LogP contribution is -2.03. The Morgan fingerprint density at radius 3 is 2.82 bits per heavy atom. The number of aliphatic imine (C=N–C) groups is 1. The molecule has 0 N–H and O–H groups in total. The van der Waals surface area contributed by atoms with Crippen LogP contribution >= 0.6 is 0 Å². The van der Waals surface area contributed by atoms with Gasteiger partial charge < -0.3 is 0 Å². The van der Waals surface area contributed by atoms with Crippen molar-refractivity contribution in [2.24, 2.45) is 4.99 Å². The maximum absolute atomic E-state index is 8.49. The van der Waals surface area contributed by atoms with Crippen LogP contribution in [0.25, 0.3) is 0 Å². The first kappa shape index (κ1) is 14.0. The Hall–Kier alpha value is -2.91. The molecule has 2 heterocycles. The van der Waals surface area contributed by atoms with Crippen molar-refractivity contribution in [2.75, 3.05) is 0 Å². The zero-order valence-electron chi connectivity index (χ0n) is 12.2. The minimum Gasteiger partial charge on any atom is -0.257 e. The molecule has 3 heteroatoms. The molecule has 0 radical (unpaired) electrons. The molecule has 0 amide bonds. The van der Waals surface area contributed by atoms with E-state index in [-0.39, 0.29) is 0 Å². The topological polar surface area (TPSA) is 49.0 Å². The summed E-state index contributed by atoms with van der Waals surface area (Å²) in [5.41, 5.74) is 5.22. The largest absolute Gasteiger partial charge is 0.257 e. The van der Waals surface area contributed by atoms with Crippen molar-refractivity contribution in [3.63, 3.8) is 0 Å². The van der Waals surface area contributed by atoms with Gasteiger partial charge >= 0.3 is 0 Å². The highest BCUT2D eigenvalue weighted by atomic mass is 14.9. The molecule has 0 unspecified atom stereocenters. The van der Waals surface area contributed by atoms with E-state index in [1.807, 2.05) is 24.3 Å². The van der Waals surface area contributed by atoms with E-state index < -0.39 is 0 Å². The molecule has 0 fully saturated rings. The molecule has 0 bridgehead atoms. The molecule has 0 atom stereocenters. The molecule has 22 heavy (non-hydrogen) atoms. The quantitative estimate of drug-likeness (QED) is 0.639. The molecule has 0 aliphatic carbocycles. The zero-order chi connectivity index (χ0) is 15.2. The third kappa shape index (κ3) is 3.40. The van der Waals surface area contributed by atoms with Crippen LogP contribution in [0.15, 0.2) is 47.6 Å². The Morgan fingerprint density at radius 2 is 2.00 bits per heavy atom. The van der Waals surface area contributed by atoms with Crippen LogP contribution in [0.2, 0.25) is 0 Å². The molecule has 106 valence electrons. The summed E-state index contributed by atoms with van der Waals surface area (Å²) in [6, 6.07) is 14.4. The van der Waals surface area contributed by atoms with Gasteiger partial charge in [0.2, 0.25) is 0 Å². The second-order valence-electron chi connectivity index (χ2n) is 5.17. The second-order valence-corrected chi connectivity index (χ2v) is 5.17. The van der Waals surface area contributed by atoms with Gasteiger partial charge in [-0.1, -0.05) is 42.2 Å². The first-order chi connectivity index (χ1) is 10.8. The molecule has 2 aromatic rings. The first-order valence-electron chi connectivity index (χ1n) is 7.30. The molecule has 1 aromatic heterocycles. The highest BCUT2D eigenvalue weighted by Crippen LogP contribution is 2.26. The summed E-state index contributed by atoms with van der Waals surface area (Å²) in [7, 11) is 0. The van der Waals surface area contributed by atoms with E-state index in [1.165, 1.54) is 5.56 Å². The van der Waals surface area contributed by atoms with E-state index >= 15 is 0 Å². The van der Waals surface area contributed by atoms with E-state index in [1.54, 1.807) is 6.20 Å². The monoisotopic (exact) mass is 285 g/mol. The van der Waals surface area contributed by atoms with Crippen molar-refractivity contribution in [2.45, 2.75) is 25.7 Å². The average Bonchev–Trinajstić information content (AvgIpc) is 2.94. The van der Waals surface area contributed by atoms with Crippen molar-refractivity contribution in [1.29, 1.82) is 5.26 Å². The van der Waals surface area contributed by atoms with Crippen LogP contribution in [0.1, 0.15) is 29.7 Å². The van der Waals surface area contributed by atoms with Crippen LogP contribution in [-0.2, 0) is 12.8 Å². The van der Waals surface area contributed by atoms with Gasteiger partial charge in [-0.05, 0) is 11.6 Å². The summed E-state index contributed by atoms with van der Waals surface area (Å²) >= 11 is 0. The standard InChI is InChI=1S/C19H15N3/c20-10-6-2-5-9-16-12-19-18(21-14-16)13-17(22-19)11-15-7-3-1-4-8-15/h1,3-4,7-8,12,14H,2,6,11,13H2. The Balaban J connectivity index is 1.73. The molecule has 3 rings (SSSR count). The van der Waals surface area contributed by atoms with Crippen LogP contribution in [0.4, 0.5) is 5.69 Å². The van der Waals surface area contributed by atoms with E-state index in [0.717, 1.165) is 35.5 Å². The summed E-state index contributed by atoms with van der Waals surface area (Å²) in [5, 5.41) is 8.49. The second kappa shape index (κ2) is 6.70. The number of nitriles is 1. The Morgan fingerprint density at radius 1 is 1.14 bits per heavy atom. The van der Waals surface area contributed by atoms with Gasteiger partial charge in [-0.2, -0.15) is 5.26 Å². The number of fused-ring (bicyclic) bond motifs is 1. The van der Waals surface area contributed by atoms with Crippen LogP contribution in [0.5, 0.6) is 0 Å². The normalized spacial score (nSPS) is 11.9. The predicted molar refractivity (Wildman–Crippen MR) is 86.9 cm³/mol. The number of pyridine rings is 1. The van der Waals surface area contributed by atoms with Gasteiger partial charge in [0.1, 0.15) is 0 Å². The van der Waals surface area contributed by atoms with E-state index in [4.69, 9.17) is 5.26 Å². The van der Waals surface area contributed by atoms with Crippen molar-refractivity contribution < 1.29 is 0 Å². The Kier molecular flexibility index (Phi) is 4.27. The molecule has 0 spiro atoms. The molecule has 1 aliphatic rings.